The summed E-state index contributed by atoms with van der Waals surface area (Å²) < 4.78 is 39.5. The van der Waals surface area contributed by atoms with E-state index in [4.69, 9.17) is 19.4 Å². The number of carbonyl (C=O) groups is 1. The smallest absolute Gasteiger partial charge is 0.274 e. The van der Waals surface area contributed by atoms with E-state index in [1.807, 2.05) is 30.3 Å². The fraction of sp³-hybridized carbons (Fsp3) is 0.355. The molecule has 41 heavy (non-hydrogen) atoms. The van der Waals surface area contributed by atoms with E-state index < -0.39 is 11.8 Å². The van der Waals surface area contributed by atoms with Crippen LogP contribution in [0.25, 0.3) is 22.3 Å². The molecule has 10 heteroatoms. The lowest BCUT2D eigenvalue weighted by Gasteiger charge is -2.36. The molecular weight excluding hydrogens is 528 g/mol. The van der Waals surface area contributed by atoms with E-state index in [0.29, 0.717) is 11.2 Å². The van der Waals surface area contributed by atoms with Crippen LogP contribution in [0.15, 0.2) is 60.8 Å². The number of hydrogen-bond donors (Lipinski definition) is 1. The third kappa shape index (κ3) is 6.59. The van der Waals surface area contributed by atoms with Crippen LogP contribution in [0.1, 0.15) is 49.3 Å². The minimum absolute atomic E-state index is 0.0590. The lowest BCUT2D eigenvalue weighted by atomic mass is 10.0. The summed E-state index contributed by atoms with van der Waals surface area (Å²) in [5, 5.41) is 3.61. The second-order valence-corrected chi connectivity index (χ2v) is 10.3. The Bertz CT molecular complexity index is 1550. The number of pyridine rings is 3. The number of rotatable bonds is 8. The standard InChI is InChI=1S/C31H33F2N5O3/c1-5-40-28-12-10-21(13-24(28)31(4,32)33)30(39)35-16-23-14-27-22(15-34-23)9-11-26(36-27)25-7-6-8-29(37-25)38-17-19(2)41-20(3)18-38/h6-15,19-20H,5,16-18H2,1-4H3,(H,35,39)/t19-,20+. The molecule has 1 amide bonds. The number of fused-ring (bicyclic) bond motifs is 1. The van der Waals surface area contributed by atoms with Crippen LogP contribution in [-0.2, 0) is 17.2 Å². The number of halogens is 2. The Morgan fingerprint density at radius 1 is 1.07 bits per heavy atom. The highest BCUT2D eigenvalue weighted by Crippen LogP contribution is 2.35. The fourth-order valence-corrected chi connectivity index (χ4v) is 4.97. The van der Waals surface area contributed by atoms with Gasteiger partial charge in [-0.1, -0.05) is 6.07 Å². The number of alkyl halides is 2. The van der Waals surface area contributed by atoms with Crippen molar-refractivity contribution in [2.45, 2.75) is 52.4 Å². The zero-order chi connectivity index (χ0) is 29.1. The Hall–Kier alpha value is -4.18. The third-order valence-corrected chi connectivity index (χ3v) is 6.82. The molecule has 1 aromatic carbocycles. The number of nitrogens with one attached hydrogen (secondary N) is 1. The van der Waals surface area contributed by atoms with Gasteiger partial charge in [0.25, 0.3) is 11.8 Å². The second kappa shape index (κ2) is 11.7. The Morgan fingerprint density at radius 3 is 2.56 bits per heavy atom. The number of carbonyl (C=O) groups excluding carboxylic acids is 1. The monoisotopic (exact) mass is 561 g/mol. The highest BCUT2D eigenvalue weighted by Gasteiger charge is 2.30. The number of anilines is 1. The Labute approximate surface area is 237 Å². The summed E-state index contributed by atoms with van der Waals surface area (Å²) in [4.78, 5) is 29.2. The summed E-state index contributed by atoms with van der Waals surface area (Å²) in [5.74, 6) is -2.71. The molecule has 1 aliphatic rings. The average Bonchev–Trinajstić information content (AvgIpc) is 2.95. The molecule has 1 fully saturated rings. The predicted octanol–water partition coefficient (Wildman–Crippen LogP) is 5.75. The molecule has 0 radical (unpaired) electrons. The second-order valence-electron chi connectivity index (χ2n) is 10.3. The summed E-state index contributed by atoms with van der Waals surface area (Å²) >= 11 is 0. The maximum Gasteiger partial charge on any atom is 0.274 e. The molecule has 0 saturated carbocycles. The summed E-state index contributed by atoms with van der Waals surface area (Å²) in [6, 6.07) is 15.6. The quantitative estimate of drug-likeness (QED) is 0.293. The largest absolute Gasteiger partial charge is 0.493 e. The Morgan fingerprint density at radius 2 is 1.83 bits per heavy atom. The van der Waals surface area contributed by atoms with E-state index in [2.05, 4.69) is 29.0 Å². The highest BCUT2D eigenvalue weighted by atomic mass is 19.3. The van der Waals surface area contributed by atoms with Crippen LogP contribution < -0.4 is 15.0 Å². The van der Waals surface area contributed by atoms with Crippen molar-refractivity contribution in [3.05, 3.63) is 77.6 Å². The van der Waals surface area contributed by atoms with E-state index in [-0.39, 0.29) is 42.2 Å². The molecule has 1 N–H and O–H groups in total. The van der Waals surface area contributed by atoms with Crippen LogP contribution in [0.3, 0.4) is 0 Å². The first kappa shape index (κ1) is 28.4. The van der Waals surface area contributed by atoms with Gasteiger partial charge in [0.15, 0.2) is 0 Å². The molecule has 4 aromatic rings. The van der Waals surface area contributed by atoms with Gasteiger partial charge in [0.2, 0.25) is 0 Å². The average molecular weight is 562 g/mol. The van der Waals surface area contributed by atoms with Gasteiger partial charge in [0, 0.05) is 37.2 Å². The maximum absolute atomic E-state index is 14.1. The Kier molecular flexibility index (Phi) is 8.12. The van der Waals surface area contributed by atoms with Crippen molar-refractivity contribution in [1.29, 1.82) is 0 Å². The van der Waals surface area contributed by atoms with Crippen molar-refractivity contribution in [2.75, 3.05) is 24.6 Å². The fourth-order valence-electron chi connectivity index (χ4n) is 4.97. The number of ether oxygens (including phenoxy) is 2. The van der Waals surface area contributed by atoms with Crippen molar-refractivity contribution >= 4 is 22.6 Å². The molecule has 0 unspecified atom stereocenters. The van der Waals surface area contributed by atoms with E-state index in [1.54, 1.807) is 19.2 Å². The number of morpholine rings is 1. The molecule has 4 heterocycles. The molecule has 3 aromatic heterocycles. The Balaban J connectivity index is 1.33. The van der Waals surface area contributed by atoms with E-state index in [1.165, 1.54) is 18.2 Å². The van der Waals surface area contributed by atoms with Crippen molar-refractivity contribution in [2.24, 2.45) is 0 Å². The van der Waals surface area contributed by atoms with Gasteiger partial charge in [-0.25, -0.2) is 18.7 Å². The van der Waals surface area contributed by atoms with E-state index in [0.717, 1.165) is 42.6 Å². The molecule has 0 aliphatic carbocycles. The van der Waals surface area contributed by atoms with Crippen LogP contribution in [0.2, 0.25) is 0 Å². The van der Waals surface area contributed by atoms with Gasteiger partial charge in [-0.3, -0.25) is 9.78 Å². The van der Waals surface area contributed by atoms with Gasteiger partial charge in [-0.15, -0.1) is 0 Å². The molecule has 8 nitrogen and oxygen atoms in total. The molecule has 0 spiro atoms. The van der Waals surface area contributed by atoms with Crippen LogP contribution in [-0.4, -0.2) is 52.8 Å². The number of amides is 1. The van der Waals surface area contributed by atoms with Crippen molar-refractivity contribution in [1.82, 2.24) is 20.3 Å². The SMILES string of the molecule is CCOc1ccc(C(=O)NCc2cc3nc(-c4cccc(N5C[C@@H](C)O[C@@H](C)C5)n4)ccc3cn2)cc1C(C)(F)F. The zero-order valence-corrected chi connectivity index (χ0v) is 23.5. The van der Waals surface area contributed by atoms with Crippen LogP contribution in [0.4, 0.5) is 14.6 Å². The summed E-state index contributed by atoms with van der Waals surface area (Å²) in [6.07, 6.45) is 1.94. The summed E-state index contributed by atoms with van der Waals surface area (Å²) in [5.41, 5.74) is 2.54. The summed E-state index contributed by atoms with van der Waals surface area (Å²) in [6.45, 7) is 8.50. The molecule has 0 bridgehead atoms. The van der Waals surface area contributed by atoms with Gasteiger partial charge in [0.05, 0.1) is 53.5 Å². The summed E-state index contributed by atoms with van der Waals surface area (Å²) in [7, 11) is 0. The van der Waals surface area contributed by atoms with Crippen molar-refractivity contribution < 1.29 is 23.0 Å². The van der Waals surface area contributed by atoms with Gasteiger partial charge in [-0.05, 0) is 69.3 Å². The van der Waals surface area contributed by atoms with Gasteiger partial charge in [-0.2, -0.15) is 0 Å². The minimum atomic E-state index is -3.16. The van der Waals surface area contributed by atoms with E-state index in [9.17, 15) is 13.6 Å². The first-order valence-corrected chi connectivity index (χ1v) is 13.7. The minimum Gasteiger partial charge on any atom is -0.493 e. The van der Waals surface area contributed by atoms with Gasteiger partial charge >= 0.3 is 0 Å². The van der Waals surface area contributed by atoms with Crippen molar-refractivity contribution in [3.8, 4) is 17.1 Å². The first-order chi connectivity index (χ1) is 19.6. The highest BCUT2D eigenvalue weighted by molar-refractivity contribution is 5.94. The molecule has 2 atom stereocenters. The van der Waals surface area contributed by atoms with Crippen LogP contribution in [0, 0.1) is 0 Å². The zero-order valence-electron chi connectivity index (χ0n) is 23.5. The third-order valence-electron chi connectivity index (χ3n) is 6.82. The molecule has 214 valence electrons. The maximum atomic E-state index is 14.1. The lowest BCUT2D eigenvalue weighted by molar-refractivity contribution is -0.00546. The van der Waals surface area contributed by atoms with E-state index >= 15 is 0 Å². The number of benzene rings is 1. The predicted molar refractivity (Wildman–Crippen MR) is 153 cm³/mol. The molecule has 1 saturated heterocycles. The van der Waals surface area contributed by atoms with Gasteiger partial charge in [0.1, 0.15) is 11.6 Å². The van der Waals surface area contributed by atoms with Crippen LogP contribution in [0.5, 0.6) is 5.75 Å². The number of nitrogens with zero attached hydrogens (tertiary/aromatic N) is 4. The number of hydrogen-bond acceptors (Lipinski definition) is 7. The van der Waals surface area contributed by atoms with Crippen molar-refractivity contribution in [3.63, 3.8) is 0 Å². The first-order valence-electron chi connectivity index (χ1n) is 13.7. The lowest BCUT2D eigenvalue weighted by Crippen LogP contribution is -2.45. The van der Waals surface area contributed by atoms with Crippen LogP contribution >= 0.6 is 0 Å². The normalized spacial score (nSPS) is 17.5. The number of aromatic nitrogens is 3. The molecule has 1 aliphatic heterocycles. The molecular formula is C31H33F2N5O3. The topological polar surface area (TPSA) is 89.5 Å². The molecule has 5 rings (SSSR count). The van der Waals surface area contributed by atoms with Gasteiger partial charge < -0.3 is 19.7 Å².